The molecule has 1 aliphatic heterocycles. The predicted octanol–water partition coefficient (Wildman–Crippen LogP) is 2.80. The van der Waals surface area contributed by atoms with Crippen LogP contribution < -0.4 is 10.2 Å². The summed E-state index contributed by atoms with van der Waals surface area (Å²) in [5, 5.41) is 3.19. The second kappa shape index (κ2) is 5.50. The summed E-state index contributed by atoms with van der Waals surface area (Å²) in [6, 6.07) is 0. The molecule has 2 N–H and O–H groups in total. The van der Waals surface area contributed by atoms with Crippen LogP contribution in [0.5, 0.6) is 0 Å². The van der Waals surface area contributed by atoms with Crippen LogP contribution in [0.1, 0.15) is 40.0 Å². The third-order valence-electron chi connectivity index (χ3n) is 4.73. The van der Waals surface area contributed by atoms with Crippen molar-refractivity contribution < 1.29 is 0 Å². The summed E-state index contributed by atoms with van der Waals surface area (Å²) in [5.74, 6) is 1.64. The van der Waals surface area contributed by atoms with Crippen molar-refractivity contribution in [2.24, 2.45) is 5.41 Å². The smallest absolute Gasteiger partial charge is 0.226 e. The summed E-state index contributed by atoms with van der Waals surface area (Å²) >= 11 is 0. The molecule has 21 heavy (non-hydrogen) atoms. The molecule has 0 spiro atoms. The van der Waals surface area contributed by atoms with Crippen molar-refractivity contribution in [1.82, 2.24) is 19.9 Å². The molecule has 114 valence electrons. The van der Waals surface area contributed by atoms with Gasteiger partial charge in [-0.25, -0.2) is 4.98 Å². The lowest BCUT2D eigenvalue weighted by Crippen LogP contribution is -2.39. The molecule has 6 heteroatoms. The van der Waals surface area contributed by atoms with E-state index in [1.807, 2.05) is 6.92 Å². The van der Waals surface area contributed by atoms with E-state index in [1.165, 1.54) is 19.3 Å². The van der Waals surface area contributed by atoms with Gasteiger partial charge in [-0.15, -0.1) is 0 Å². The topological polar surface area (TPSA) is 69.7 Å². The molecule has 0 radical (unpaired) electrons. The molecule has 0 saturated carbocycles. The van der Waals surface area contributed by atoms with Gasteiger partial charge in [0.25, 0.3) is 0 Å². The Hall–Kier alpha value is -1.85. The first-order valence-corrected chi connectivity index (χ1v) is 7.85. The standard InChI is InChI=1S/C15H24N6/c1-4-15(3)6-8-21(9-7-15)13-11-12(18-10-17-11)19-14(20-13)16-5-2/h10H,4-9H2,1-3H3,(H2,16,17,18,19,20). The Morgan fingerprint density at radius 1 is 1.29 bits per heavy atom. The minimum absolute atomic E-state index is 0.473. The summed E-state index contributed by atoms with van der Waals surface area (Å²) < 4.78 is 0. The molecule has 0 aromatic carbocycles. The largest absolute Gasteiger partial charge is 0.355 e. The molecule has 2 aromatic heterocycles. The molecule has 0 bridgehead atoms. The van der Waals surface area contributed by atoms with E-state index < -0.39 is 0 Å². The van der Waals surface area contributed by atoms with Crippen molar-refractivity contribution in [2.75, 3.05) is 29.9 Å². The van der Waals surface area contributed by atoms with Gasteiger partial charge in [0.2, 0.25) is 5.95 Å². The van der Waals surface area contributed by atoms with Crippen LogP contribution >= 0.6 is 0 Å². The Morgan fingerprint density at radius 3 is 2.71 bits per heavy atom. The number of aromatic nitrogens is 4. The Labute approximate surface area is 125 Å². The van der Waals surface area contributed by atoms with Crippen molar-refractivity contribution in [3.05, 3.63) is 6.33 Å². The van der Waals surface area contributed by atoms with Crippen LogP contribution in [0.2, 0.25) is 0 Å². The number of hydrogen-bond donors (Lipinski definition) is 2. The van der Waals surface area contributed by atoms with E-state index >= 15 is 0 Å². The van der Waals surface area contributed by atoms with Crippen molar-refractivity contribution in [2.45, 2.75) is 40.0 Å². The maximum absolute atomic E-state index is 4.69. The highest BCUT2D eigenvalue weighted by Crippen LogP contribution is 2.36. The van der Waals surface area contributed by atoms with Crippen molar-refractivity contribution in [1.29, 1.82) is 0 Å². The van der Waals surface area contributed by atoms with Crippen LogP contribution in [-0.4, -0.2) is 39.6 Å². The van der Waals surface area contributed by atoms with Gasteiger partial charge in [0.15, 0.2) is 11.5 Å². The summed E-state index contributed by atoms with van der Waals surface area (Å²) in [7, 11) is 0. The van der Waals surface area contributed by atoms with E-state index in [2.05, 4.69) is 39.0 Å². The predicted molar refractivity (Wildman–Crippen MR) is 85.7 cm³/mol. The maximum atomic E-state index is 4.69. The Bertz CT molecular complexity index is 612. The number of imidazole rings is 1. The summed E-state index contributed by atoms with van der Waals surface area (Å²) in [6.07, 6.45) is 5.35. The number of aromatic amines is 1. The molecule has 1 fully saturated rings. The number of anilines is 2. The Kier molecular flexibility index (Phi) is 3.69. The SMILES string of the molecule is CCNc1nc(N2CCC(C)(CC)CC2)c2[nH]cnc2n1. The van der Waals surface area contributed by atoms with Crippen LogP contribution in [0.4, 0.5) is 11.8 Å². The monoisotopic (exact) mass is 288 g/mol. The average Bonchev–Trinajstić information content (AvgIpc) is 2.96. The highest BCUT2D eigenvalue weighted by molar-refractivity contribution is 5.84. The van der Waals surface area contributed by atoms with Crippen molar-refractivity contribution in [3.63, 3.8) is 0 Å². The van der Waals surface area contributed by atoms with Gasteiger partial charge in [-0.3, -0.25) is 0 Å². The molecule has 0 amide bonds. The lowest BCUT2D eigenvalue weighted by Gasteiger charge is -2.39. The van der Waals surface area contributed by atoms with Gasteiger partial charge in [-0.1, -0.05) is 20.3 Å². The fourth-order valence-electron chi connectivity index (χ4n) is 2.90. The summed E-state index contributed by atoms with van der Waals surface area (Å²) in [5.41, 5.74) is 2.15. The van der Waals surface area contributed by atoms with Crippen LogP contribution in [0, 0.1) is 5.41 Å². The molecule has 0 aliphatic carbocycles. The second-order valence-electron chi connectivity index (χ2n) is 6.15. The molecule has 6 nitrogen and oxygen atoms in total. The minimum atomic E-state index is 0.473. The van der Waals surface area contributed by atoms with E-state index in [9.17, 15) is 0 Å². The van der Waals surface area contributed by atoms with E-state index in [0.717, 1.165) is 36.6 Å². The fraction of sp³-hybridized carbons (Fsp3) is 0.667. The zero-order valence-electron chi connectivity index (χ0n) is 13.1. The third kappa shape index (κ3) is 2.66. The zero-order valence-corrected chi connectivity index (χ0v) is 13.1. The molecule has 1 aliphatic rings. The Balaban J connectivity index is 1.91. The van der Waals surface area contributed by atoms with Gasteiger partial charge < -0.3 is 15.2 Å². The van der Waals surface area contributed by atoms with E-state index in [4.69, 9.17) is 4.98 Å². The van der Waals surface area contributed by atoms with Gasteiger partial charge in [0.1, 0.15) is 5.52 Å². The van der Waals surface area contributed by atoms with Gasteiger partial charge in [0.05, 0.1) is 6.33 Å². The molecule has 0 unspecified atom stereocenters. The molecule has 2 aromatic rings. The fourth-order valence-corrected chi connectivity index (χ4v) is 2.90. The molecule has 3 rings (SSSR count). The molecular weight excluding hydrogens is 264 g/mol. The molecular formula is C15H24N6. The number of hydrogen-bond acceptors (Lipinski definition) is 5. The number of nitrogens with zero attached hydrogens (tertiary/aromatic N) is 4. The van der Waals surface area contributed by atoms with Crippen molar-refractivity contribution >= 4 is 22.9 Å². The quantitative estimate of drug-likeness (QED) is 0.905. The lowest BCUT2D eigenvalue weighted by atomic mass is 9.78. The van der Waals surface area contributed by atoms with E-state index in [1.54, 1.807) is 6.33 Å². The number of rotatable bonds is 4. The number of piperidine rings is 1. The van der Waals surface area contributed by atoms with Crippen LogP contribution in [0.15, 0.2) is 6.33 Å². The minimum Gasteiger partial charge on any atom is -0.355 e. The first kappa shape index (κ1) is 14.1. The average molecular weight is 288 g/mol. The highest BCUT2D eigenvalue weighted by atomic mass is 15.3. The second-order valence-corrected chi connectivity index (χ2v) is 6.15. The first-order chi connectivity index (χ1) is 10.1. The summed E-state index contributed by atoms with van der Waals surface area (Å²) in [4.78, 5) is 19.0. The van der Waals surface area contributed by atoms with Crippen molar-refractivity contribution in [3.8, 4) is 0 Å². The summed E-state index contributed by atoms with van der Waals surface area (Å²) in [6.45, 7) is 9.62. The molecule has 1 saturated heterocycles. The Morgan fingerprint density at radius 2 is 2.05 bits per heavy atom. The highest BCUT2D eigenvalue weighted by Gasteiger charge is 2.30. The van der Waals surface area contributed by atoms with Gasteiger partial charge in [0, 0.05) is 19.6 Å². The van der Waals surface area contributed by atoms with Gasteiger partial charge in [-0.05, 0) is 25.2 Å². The lowest BCUT2D eigenvalue weighted by molar-refractivity contribution is 0.238. The van der Waals surface area contributed by atoms with Crippen LogP contribution in [0.25, 0.3) is 11.2 Å². The third-order valence-corrected chi connectivity index (χ3v) is 4.73. The molecule has 0 atom stereocenters. The number of nitrogens with one attached hydrogen (secondary N) is 2. The first-order valence-electron chi connectivity index (χ1n) is 7.85. The van der Waals surface area contributed by atoms with Crippen LogP contribution in [0.3, 0.4) is 0 Å². The van der Waals surface area contributed by atoms with E-state index in [-0.39, 0.29) is 0 Å². The molecule has 3 heterocycles. The maximum Gasteiger partial charge on any atom is 0.226 e. The van der Waals surface area contributed by atoms with Gasteiger partial charge >= 0.3 is 0 Å². The zero-order chi connectivity index (χ0) is 14.9. The van der Waals surface area contributed by atoms with Gasteiger partial charge in [-0.2, -0.15) is 9.97 Å². The number of fused-ring (bicyclic) bond motifs is 1. The number of H-pyrrole nitrogens is 1. The van der Waals surface area contributed by atoms with E-state index in [0.29, 0.717) is 11.4 Å². The normalized spacial score (nSPS) is 18.1. The van der Waals surface area contributed by atoms with Crippen LogP contribution in [-0.2, 0) is 0 Å².